The Hall–Kier alpha value is -1.46. The number of nitrogens with one attached hydrogen (secondary N) is 1. The van der Waals surface area contributed by atoms with Gasteiger partial charge in [0.2, 0.25) is 0 Å². The van der Waals surface area contributed by atoms with Gasteiger partial charge in [0.25, 0.3) is 0 Å². The van der Waals surface area contributed by atoms with E-state index < -0.39 is 0 Å². The van der Waals surface area contributed by atoms with Crippen LogP contribution in [0.4, 0.5) is 0 Å². The van der Waals surface area contributed by atoms with Crippen LogP contribution in [0.15, 0.2) is 36.4 Å². The van der Waals surface area contributed by atoms with Gasteiger partial charge in [-0.1, -0.05) is 42.3 Å². The highest BCUT2D eigenvalue weighted by Crippen LogP contribution is 2.37. The topological polar surface area (TPSA) is 50.7 Å². The van der Waals surface area contributed by atoms with Crippen molar-refractivity contribution in [1.29, 1.82) is 0 Å². The highest BCUT2D eigenvalue weighted by Gasteiger charge is 2.14. The minimum atomic E-state index is 0.0603. The molecular formula is C20H25Cl2NO3. The molecule has 142 valence electrons. The zero-order valence-electron chi connectivity index (χ0n) is 15.1. The lowest BCUT2D eigenvalue weighted by Crippen LogP contribution is -2.31. The Morgan fingerprint density at radius 1 is 1.04 bits per heavy atom. The number of rotatable bonds is 10. The van der Waals surface area contributed by atoms with Gasteiger partial charge >= 0.3 is 0 Å². The third kappa shape index (κ3) is 6.06. The first kappa shape index (κ1) is 20.8. The molecule has 0 bridgehead atoms. The molecule has 4 nitrogen and oxygen atoms in total. The average molecular weight is 398 g/mol. The van der Waals surface area contributed by atoms with Crippen LogP contribution < -0.4 is 14.8 Å². The summed E-state index contributed by atoms with van der Waals surface area (Å²) < 4.78 is 11.6. The molecule has 0 spiro atoms. The van der Waals surface area contributed by atoms with E-state index in [2.05, 4.69) is 5.32 Å². The minimum absolute atomic E-state index is 0.0603. The van der Waals surface area contributed by atoms with Crippen molar-refractivity contribution in [3.8, 4) is 11.5 Å². The highest BCUT2D eigenvalue weighted by molar-refractivity contribution is 6.32. The number of aliphatic hydroxyl groups is 1. The Morgan fingerprint density at radius 3 is 2.38 bits per heavy atom. The second kappa shape index (κ2) is 10.6. The smallest absolute Gasteiger partial charge is 0.180 e. The van der Waals surface area contributed by atoms with E-state index in [0.29, 0.717) is 41.3 Å². The zero-order chi connectivity index (χ0) is 18.9. The van der Waals surface area contributed by atoms with E-state index in [0.717, 1.165) is 17.5 Å². The summed E-state index contributed by atoms with van der Waals surface area (Å²) in [5.74, 6) is 1.14. The van der Waals surface area contributed by atoms with E-state index in [-0.39, 0.29) is 12.6 Å². The van der Waals surface area contributed by atoms with Crippen LogP contribution in [0.3, 0.4) is 0 Å². The predicted molar refractivity (Wildman–Crippen MR) is 106 cm³/mol. The van der Waals surface area contributed by atoms with Gasteiger partial charge in [0, 0.05) is 17.6 Å². The SMILES string of the molecule is CCOc1cc(CNC(CC)CO)cc(Cl)c1OCc1ccc(Cl)cc1. The van der Waals surface area contributed by atoms with Crippen molar-refractivity contribution in [2.75, 3.05) is 13.2 Å². The van der Waals surface area contributed by atoms with Crippen LogP contribution in [0, 0.1) is 0 Å². The Morgan fingerprint density at radius 2 is 1.77 bits per heavy atom. The maximum atomic E-state index is 9.30. The van der Waals surface area contributed by atoms with Gasteiger partial charge < -0.3 is 19.9 Å². The van der Waals surface area contributed by atoms with E-state index >= 15 is 0 Å². The molecule has 0 saturated carbocycles. The molecule has 1 unspecified atom stereocenters. The summed E-state index contributed by atoms with van der Waals surface area (Å²) in [5.41, 5.74) is 1.97. The van der Waals surface area contributed by atoms with Crippen LogP contribution in [-0.4, -0.2) is 24.4 Å². The number of benzene rings is 2. The molecule has 0 aromatic heterocycles. The molecule has 0 saturated heterocycles. The van der Waals surface area contributed by atoms with Gasteiger partial charge in [-0.25, -0.2) is 0 Å². The van der Waals surface area contributed by atoms with Crippen LogP contribution in [0.1, 0.15) is 31.4 Å². The maximum Gasteiger partial charge on any atom is 0.180 e. The number of hydrogen-bond donors (Lipinski definition) is 2. The summed E-state index contributed by atoms with van der Waals surface area (Å²) in [4.78, 5) is 0. The fraction of sp³-hybridized carbons (Fsp3) is 0.400. The van der Waals surface area contributed by atoms with E-state index in [1.165, 1.54) is 0 Å². The van der Waals surface area contributed by atoms with Crippen molar-refractivity contribution in [1.82, 2.24) is 5.32 Å². The van der Waals surface area contributed by atoms with Crippen LogP contribution in [0.2, 0.25) is 10.0 Å². The summed E-state index contributed by atoms with van der Waals surface area (Å²) in [6, 6.07) is 11.3. The Kier molecular flexibility index (Phi) is 8.52. The number of hydrogen-bond acceptors (Lipinski definition) is 4. The van der Waals surface area contributed by atoms with Crippen LogP contribution in [0.25, 0.3) is 0 Å². The van der Waals surface area contributed by atoms with Gasteiger partial charge in [0.05, 0.1) is 18.2 Å². The van der Waals surface area contributed by atoms with E-state index in [1.807, 2.05) is 50.2 Å². The molecule has 0 heterocycles. The number of ether oxygens (including phenoxy) is 2. The molecule has 0 aliphatic carbocycles. The molecule has 2 aromatic carbocycles. The van der Waals surface area contributed by atoms with Gasteiger partial charge in [-0.3, -0.25) is 0 Å². The van der Waals surface area contributed by atoms with Crippen molar-refractivity contribution in [3.63, 3.8) is 0 Å². The van der Waals surface area contributed by atoms with E-state index in [4.69, 9.17) is 32.7 Å². The molecular weight excluding hydrogens is 373 g/mol. The zero-order valence-corrected chi connectivity index (χ0v) is 16.6. The summed E-state index contributed by atoms with van der Waals surface area (Å²) >= 11 is 12.3. The van der Waals surface area contributed by atoms with Gasteiger partial charge in [-0.15, -0.1) is 0 Å². The van der Waals surface area contributed by atoms with Crippen LogP contribution in [0.5, 0.6) is 11.5 Å². The lowest BCUT2D eigenvalue weighted by Gasteiger charge is -2.17. The molecule has 0 fully saturated rings. The second-order valence-corrected chi connectivity index (χ2v) is 6.77. The third-order valence-electron chi connectivity index (χ3n) is 3.97. The van der Waals surface area contributed by atoms with Crippen molar-refractivity contribution in [2.45, 2.75) is 39.5 Å². The van der Waals surface area contributed by atoms with Gasteiger partial charge in [-0.2, -0.15) is 0 Å². The highest BCUT2D eigenvalue weighted by atomic mass is 35.5. The third-order valence-corrected chi connectivity index (χ3v) is 4.51. The summed E-state index contributed by atoms with van der Waals surface area (Å²) in [6.07, 6.45) is 0.852. The molecule has 0 radical (unpaired) electrons. The fourth-order valence-corrected chi connectivity index (χ4v) is 2.88. The first-order valence-electron chi connectivity index (χ1n) is 8.74. The molecule has 6 heteroatoms. The lowest BCUT2D eigenvalue weighted by molar-refractivity contribution is 0.238. The van der Waals surface area contributed by atoms with Gasteiger partial charge in [-0.05, 0) is 48.7 Å². The predicted octanol–water partition coefficient (Wildman–Crippen LogP) is 4.83. The van der Waals surface area contributed by atoms with E-state index in [1.54, 1.807) is 0 Å². The van der Waals surface area contributed by atoms with Crippen molar-refractivity contribution < 1.29 is 14.6 Å². The maximum absolute atomic E-state index is 9.30. The van der Waals surface area contributed by atoms with Crippen LogP contribution >= 0.6 is 23.2 Å². The molecule has 2 aromatic rings. The largest absolute Gasteiger partial charge is 0.490 e. The van der Waals surface area contributed by atoms with Crippen molar-refractivity contribution in [3.05, 3.63) is 57.6 Å². The first-order chi connectivity index (χ1) is 12.6. The normalized spacial score (nSPS) is 12.0. The molecule has 1 atom stereocenters. The van der Waals surface area contributed by atoms with E-state index in [9.17, 15) is 5.11 Å². The molecule has 2 rings (SSSR count). The first-order valence-corrected chi connectivity index (χ1v) is 9.49. The van der Waals surface area contributed by atoms with Gasteiger partial charge in [0.1, 0.15) is 6.61 Å². The second-order valence-electron chi connectivity index (χ2n) is 5.92. The number of halogens is 2. The fourth-order valence-electron chi connectivity index (χ4n) is 2.46. The molecule has 0 amide bonds. The monoisotopic (exact) mass is 397 g/mol. The van der Waals surface area contributed by atoms with Crippen molar-refractivity contribution >= 4 is 23.2 Å². The minimum Gasteiger partial charge on any atom is -0.490 e. The summed E-state index contributed by atoms with van der Waals surface area (Å²) in [6.45, 7) is 5.53. The van der Waals surface area contributed by atoms with Crippen LogP contribution in [-0.2, 0) is 13.2 Å². The Bertz CT molecular complexity index is 688. The average Bonchev–Trinajstić information content (AvgIpc) is 2.63. The van der Waals surface area contributed by atoms with Gasteiger partial charge in [0.15, 0.2) is 11.5 Å². The standard InChI is InChI=1S/C20H25Cl2NO3/c1-3-17(12-24)23-11-15-9-18(22)20(19(10-15)25-4-2)26-13-14-5-7-16(21)8-6-14/h5-10,17,23-24H,3-4,11-13H2,1-2H3. The molecule has 0 aliphatic rings. The summed E-state index contributed by atoms with van der Waals surface area (Å²) in [7, 11) is 0. The quantitative estimate of drug-likeness (QED) is 0.602. The molecule has 2 N–H and O–H groups in total. The number of aliphatic hydroxyl groups excluding tert-OH is 1. The summed E-state index contributed by atoms with van der Waals surface area (Å²) in [5, 5.41) is 13.8. The lowest BCUT2D eigenvalue weighted by atomic mass is 10.1. The molecule has 26 heavy (non-hydrogen) atoms. The van der Waals surface area contributed by atoms with Crippen molar-refractivity contribution in [2.24, 2.45) is 0 Å². The molecule has 0 aliphatic heterocycles. The Labute approximate surface area is 165 Å². The Balaban J connectivity index is 2.13.